The van der Waals surface area contributed by atoms with Gasteiger partial charge in [0.25, 0.3) is 0 Å². The molecule has 1 aromatic carbocycles. The Morgan fingerprint density at radius 3 is 2.44 bits per heavy atom. The fourth-order valence-corrected chi connectivity index (χ4v) is 2.88. The molecule has 0 bridgehead atoms. The molecule has 1 aromatic rings. The van der Waals surface area contributed by atoms with Crippen LogP contribution < -0.4 is 5.32 Å². The van der Waals surface area contributed by atoms with Gasteiger partial charge in [0.1, 0.15) is 0 Å². The first kappa shape index (κ1) is 16.0. The van der Waals surface area contributed by atoms with Crippen molar-refractivity contribution in [3.05, 3.63) is 28.2 Å². The summed E-state index contributed by atoms with van der Waals surface area (Å²) < 4.78 is 12.0. The summed E-state index contributed by atoms with van der Waals surface area (Å²) in [5.74, 6) is 0.626. The summed E-state index contributed by atoms with van der Waals surface area (Å²) in [6.07, 6.45) is 0.865. The third kappa shape index (κ3) is 5.70. The van der Waals surface area contributed by atoms with E-state index >= 15 is 0 Å². The lowest BCUT2D eigenvalue weighted by Crippen LogP contribution is -2.36. The van der Waals surface area contributed by atoms with Gasteiger partial charge in [-0.2, -0.15) is 0 Å². The SMILES string of the molecule is CC(C)(C)NCCCS(=O)c1ccc(Cl)c(Cl)c1. The predicted molar refractivity (Wildman–Crippen MR) is 80.1 cm³/mol. The lowest BCUT2D eigenvalue weighted by molar-refractivity contribution is 0.427. The molecule has 1 unspecified atom stereocenters. The minimum atomic E-state index is -1.01. The van der Waals surface area contributed by atoms with Gasteiger partial charge in [-0.1, -0.05) is 23.2 Å². The summed E-state index contributed by atoms with van der Waals surface area (Å²) in [4.78, 5) is 0.736. The maximum Gasteiger partial charge on any atom is 0.0604 e. The molecule has 0 radical (unpaired) electrons. The van der Waals surface area contributed by atoms with Crippen molar-refractivity contribution in [2.75, 3.05) is 12.3 Å². The second-order valence-corrected chi connectivity index (χ2v) is 7.54. The molecule has 102 valence electrons. The molecule has 1 rings (SSSR count). The third-order valence-corrected chi connectivity index (χ3v) is 4.49. The van der Waals surface area contributed by atoms with Gasteiger partial charge in [0.15, 0.2) is 0 Å². The van der Waals surface area contributed by atoms with Gasteiger partial charge >= 0.3 is 0 Å². The van der Waals surface area contributed by atoms with Crippen LogP contribution in [0.1, 0.15) is 27.2 Å². The van der Waals surface area contributed by atoms with E-state index in [4.69, 9.17) is 23.2 Å². The van der Waals surface area contributed by atoms with Crippen LogP contribution in [0.5, 0.6) is 0 Å². The van der Waals surface area contributed by atoms with Crippen molar-refractivity contribution in [3.8, 4) is 0 Å². The van der Waals surface area contributed by atoms with E-state index in [1.807, 2.05) is 0 Å². The van der Waals surface area contributed by atoms with Crippen molar-refractivity contribution in [2.24, 2.45) is 0 Å². The smallest absolute Gasteiger partial charge is 0.0604 e. The molecule has 0 aliphatic heterocycles. The zero-order chi connectivity index (χ0) is 13.8. The highest BCUT2D eigenvalue weighted by molar-refractivity contribution is 7.85. The molecular formula is C13H19Cl2NOS. The van der Waals surface area contributed by atoms with Gasteiger partial charge in [-0.15, -0.1) is 0 Å². The van der Waals surface area contributed by atoms with E-state index in [9.17, 15) is 4.21 Å². The Morgan fingerprint density at radius 1 is 1.22 bits per heavy atom. The highest BCUT2D eigenvalue weighted by Crippen LogP contribution is 2.24. The molecule has 1 atom stereocenters. The zero-order valence-electron chi connectivity index (χ0n) is 10.9. The quantitative estimate of drug-likeness (QED) is 0.836. The fraction of sp³-hybridized carbons (Fsp3) is 0.538. The largest absolute Gasteiger partial charge is 0.312 e. The number of hydrogen-bond acceptors (Lipinski definition) is 2. The van der Waals surface area contributed by atoms with Crippen LogP contribution in [0.3, 0.4) is 0 Å². The first-order valence-corrected chi connectivity index (χ1v) is 7.95. The van der Waals surface area contributed by atoms with E-state index in [1.165, 1.54) is 0 Å². The summed E-state index contributed by atoms with van der Waals surface area (Å²) in [7, 11) is -1.01. The van der Waals surface area contributed by atoms with Crippen LogP contribution in [0.4, 0.5) is 0 Å². The van der Waals surface area contributed by atoms with Crippen LogP contribution in [0.25, 0.3) is 0 Å². The van der Waals surface area contributed by atoms with Gasteiger partial charge in [0.2, 0.25) is 0 Å². The standard InChI is InChI=1S/C13H19Cl2NOS/c1-13(2,3)16-7-4-8-18(17)10-5-6-11(14)12(15)9-10/h5-6,9,16H,4,7-8H2,1-3H3. The lowest BCUT2D eigenvalue weighted by atomic mass is 10.1. The Labute approximate surface area is 122 Å². The molecule has 0 aromatic heterocycles. The number of halogens is 2. The van der Waals surface area contributed by atoms with Crippen molar-refractivity contribution < 1.29 is 4.21 Å². The average Bonchev–Trinajstić information content (AvgIpc) is 2.26. The molecule has 1 N–H and O–H groups in total. The van der Waals surface area contributed by atoms with Crippen molar-refractivity contribution in [3.63, 3.8) is 0 Å². The van der Waals surface area contributed by atoms with Crippen LogP contribution in [-0.4, -0.2) is 22.0 Å². The average molecular weight is 308 g/mol. The number of hydrogen-bond donors (Lipinski definition) is 1. The maximum absolute atomic E-state index is 12.0. The highest BCUT2D eigenvalue weighted by Gasteiger charge is 2.09. The topological polar surface area (TPSA) is 29.1 Å². The Hall–Kier alpha value is -0.0900. The summed E-state index contributed by atoms with van der Waals surface area (Å²) in [5.41, 5.74) is 0.102. The zero-order valence-corrected chi connectivity index (χ0v) is 13.3. The molecule has 0 heterocycles. The van der Waals surface area contributed by atoms with E-state index in [2.05, 4.69) is 26.1 Å². The van der Waals surface area contributed by atoms with Crippen LogP contribution in [0.2, 0.25) is 10.0 Å². The molecule has 5 heteroatoms. The van der Waals surface area contributed by atoms with Crippen molar-refractivity contribution in [1.82, 2.24) is 5.32 Å². The Balaban J connectivity index is 2.43. The van der Waals surface area contributed by atoms with Gasteiger partial charge in [-0.3, -0.25) is 4.21 Å². The van der Waals surface area contributed by atoms with Crippen LogP contribution in [0, 0.1) is 0 Å². The van der Waals surface area contributed by atoms with Gasteiger partial charge < -0.3 is 5.32 Å². The molecule has 0 amide bonds. The van der Waals surface area contributed by atoms with E-state index in [1.54, 1.807) is 18.2 Å². The summed E-state index contributed by atoms with van der Waals surface area (Å²) in [6, 6.07) is 5.13. The molecule has 0 saturated heterocycles. The molecular weight excluding hydrogens is 289 g/mol. The third-order valence-electron chi connectivity index (χ3n) is 2.32. The van der Waals surface area contributed by atoms with Crippen molar-refractivity contribution >= 4 is 34.0 Å². The predicted octanol–water partition coefficient (Wildman–Crippen LogP) is 3.88. The van der Waals surface area contributed by atoms with Crippen LogP contribution >= 0.6 is 23.2 Å². The van der Waals surface area contributed by atoms with Crippen LogP contribution in [-0.2, 0) is 10.8 Å². The van der Waals surface area contributed by atoms with E-state index in [-0.39, 0.29) is 5.54 Å². The Morgan fingerprint density at radius 2 is 1.89 bits per heavy atom. The monoisotopic (exact) mass is 307 g/mol. The lowest BCUT2D eigenvalue weighted by Gasteiger charge is -2.20. The second-order valence-electron chi connectivity index (χ2n) is 5.16. The van der Waals surface area contributed by atoms with Crippen LogP contribution in [0.15, 0.2) is 23.1 Å². The molecule has 2 nitrogen and oxygen atoms in total. The maximum atomic E-state index is 12.0. The van der Waals surface area contributed by atoms with Gasteiger partial charge in [0.05, 0.1) is 20.8 Å². The van der Waals surface area contributed by atoms with Gasteiger partial charge in [0, 0.05) is 16.2 Å². The van der Waals surface area contributed by atoms with E-state index < -0.39 is 10.8 Å². The molecule has 0 fully saturated rings. The Bertz CT molecular complexity index is 429. The number of rotatable bonds is 5. The van der Waals surface area contributed by atoms with E-state index in [0.29, 0.717) is 15.8 Å². The molecule has 0 spiro atoms. The van der Waals surface area contributed by atoms with Crippen molar-refractivity contribution in [1.29, 1.82) is 0 Å². The number of benzene rings is 1. The summed E-state index contributed by atoms with van der Waals surface area (Å²) >= 11 is 11.7. The number of nitrogens with one attached hydrogen (secondary N) is 1. The normalized spacial score (nSPS) is 13.6. The molecule has 0 aliphatic carbocycles. The first-order chi connectivity index (χ1) is 8.29. The fourth-order valence-electron chi connectivity index (χ4n) is 1.40. The van der Waals surface area contributed by atoms with Gasteiger partial charge in [-0.05, 0) is 51.9 Å². The summed E-state index contributed by atoms with van der Waals surface area (Å²) in [5, 5.41) is 4.31. The Kier molecular flexibility index (Phi) is 6.12. The first-order valence-electron chi connectivity index (χ1n) is 5.88. The van der Waals surface area contributed by atoms with Gasteiger partial charge in [-0.25, -0.2) is 0 Å². The second kappa shape index (κ2) is 6.90. The highest BCUT2D eigenvalue weighted by atomic mass is 35.5. The minimum Gasteiger partial charge on any atom is -0.312 e. The van der Waals surface area contributed by atoms with E-state index in [0.717, 1.165) is 17.9 Å². The minimum absolute atomic E-state index is 0.102. The molecule has 0 aliphatic rings. The van der Waals surface area contributed by atoms with Crippen molar-refractivity contribution in [2.45, 2.75) is 37.6 Å². The molecule has 0 saturated carbocycles. The summed E-state index contributed by atoms with van der Waals surface area (Å²) in [6.45, 7) is 7.20. The molecule has 18 heavy (non-hydrogen) atoms.